The van der Waals surface area contributed by atoms with E-state index in [0.717, 1.165) is 0 Å². The predicted octanol–water partition coefficient (Wildman–Crippen LogP) is -0.424. The highest BCUT2D eigenvalue weighted by Gasteiger charge is 2.24. The molecule has 0 bridgehead atoms. The number of amides is 1. The van der Waals surface area contributed by atoms with E-state index in [1.807, 2.05) is 0 Å². The second-order valence-corrected chi connectivity index (χ2v) is 3.92. The molecule has 6 heteroatoms. The highest BCUT2D eigenvalue weighted by atomic mass is 16.5. The number of carboxylic acids is 1. The zero-order valence-electron chi connectivity index (χ0n) is 9.90. The molecule has 0 aromatic heterocycles. The lowest BCUT2D eigenvalue weighted by atomic mass is 10.0. The van der Waals surface area contributed by atoms with Crippen molar-refractivity contribution in [3.05, 3.63) is 0 Å². The standard InChI is InChI=1S/C10H20N2O4/c1-6(2)9(10(14)15)12-8(13)4-7(5-11)16-3/h6-7,9H,4-5,11H2,1-3H3,(H,12,13)(H,14,15)/t7?,9-/m0/s1. The SMILES string of the molecule is COC(CN)CC(=O)N[C@H](C(=O)O)C(C)C. The molecule has 0 aliphatic heterocycles. The number of ether oxygens (including phenoxy) is 1. The molecule has 0 fully saturated rings. The van der Waals surface area contributed by atoms with Crippen molar-refractivity contribution in [2.75, 3.05) is 13.7 Å². The molecular weight excluding hydrogens is 212 g/mol. The molecule has 4 N–H and O–H groups in total. The third-order valence-corrected chi connectivity index (χ3v) is 2.26. The first-order valence-electron chi connectivity index (χ1n) is 5.17. The van der Waals surface area contributed by atoms with Crippen molar-refractivity contribution in [3.8, 4) is 0 Å². The fourth-order valence-electron chi connectivity index (χ4n) is 1.22. The van der Waals surface area contributed by atoms with Crippen LogP contribution in [0.15, 0.2) is 0 Å². The van der Waals surface area contributed by atoms with Crippen LogP contribution in [-0.2, 0) is 14.3 Å². The lowest BCUT2D eigenvalue weighted by molar-refractivity contribution is -0.143. The van der Waals surface area contributed by atoms with Crippen molar-refractivity contribution in [2.45, 2.75) is 32.4 Å². The summed E-state index contributed by atoms with van der Waals surface area (Å²) in [6, 6.07) is -0.872. The molecule has 0 aromatic rings. The molecule has 0 aromatic carbocycles. The third-order valence-electron chi connectivity index (χ3n) is 2.26. The summed E-state index contributed by atoms with van der Waals surface area (Å²) in [5, 5.41) is 11.3. The number of hydrogen-bond donors (Lipinski definition) is 3. The van der Waals surface area contributed by atoms with Crippen molar-refractivity contribution >= 4 is 11.9 Å². The van der Waals surface area contributed by atoms with Crippen LogP contribution in [0, 0.1) is 5.92 Å². The molecule has 0 rings (SSSR count). The number of hydrogen-bond acceptors (Lipinski definition) is 4. The van der Waals surface area contributed by atoms with E-state index in [0.29, 0.717) is 0 Å². The van der Waals surface area contributed by atoms with Gasteiger partial charge in [-0.3, -0.25) is 4.79 Å². The van der Waals surface area contributed by atoms with Gasteiger partial charge in [-0.05, 0) is 5.92 Å². The average molecular weight is 232 g/mol. The minimum atomic E-state index is -1.04. The van der Waals surface area contributed by atoms with E-state index in [-0.39, 0.29) is 30.9 Å². The van der Waals surface area contributed by atoms with Crippen LogP contribution in [0.25, 0.3) is 0 Å². The Kier molecular flexibility index (Phi) is 6.67. The summed E-state index contributed by atoms with van der Waals surface area (Å²) in [5.74, 6) is -1.57. The van der Waals surface area contributed by atoms with Gasteiger partial charge in [0.1, 0.15) is 6.04 Å². The number of methoxy groups -OCH3 is 1. The highest BCUT2D eigenvalue weighted by molar-refractivity contribution is 5.83. The summed E-state index contributed by atoms with van der Waals surface area (Å²) < 4.78 is 4.94. The van der Waals surface area contributed by atoms with Gasteiger partial charge < -0.3 is 20.9 Å². The molecule has 0 aliphatic carbocycles. The van der Waals surface area contributed by atoms with E-state index in [9.17, 15) is 9.59 Å². The third kappa shape index (κ3) is 5.09. The van der Waals surface area contributed by atoms with Crippen LogP contribution >= 0.6 is 0 Å². The number of aliphatic carboxylic acids is 1. The van der Waals surface area contributed by atoms with Crippen molar-refractivity contribution < 1.29 is 19.4 Å². The molecular formula is C10H20N2O4. The zero-order chi connectivity index (χ0) is 12.7. The van der Waals surface area contributed by atoms with Gasteiger partial charge in [0.05, 0.1) is 12.5 Å². The van der Waals surface area contributed by atoms with E-state index in [4.69, 9.17) is 15.6 Å². The first-order chi connectivity index (χ1) is 7.42. The second-order valence-electron chi connectivity index (χ2n) is 3.92. The molecule has 94 valence electrons. The van der Waals surface area contributed by atoms with Crippen molar-refractivity contribution in [1.82, 2.24) is 5.32 Å². The van der Waals surface area contributed by atoms with E-state index < -0.39 is 12.0 Å². The van der Waals surface area contributed by atoms with Crippen molar-refractivity contribution in [3.63, 3.8) is 0 Å². The van der Waals surface area contributed by atoms with Crippen LogP contribution in [0.5, 0.6) is 0 Å². The van der Waals surface area contributed by atoms with Crippen LogP contribution in [0.4, 0.5) is 0 Å². The van der Waals surface area contributed by atoms with Gasteiger partial charge in [-0.25, -0.2) is 4.79 Å². The molecule has 0 spiro atoms. The van der Waals surface area contributed by atoms with Gasteiger partial charge in [0.25, 0.3) is 0 Å². The fourth-order valence-corrected chi connectivity index (χ4v) is 1.22. The lowest BCUT2D eigenvalue weighted by Crippen LogP contribution is -2.45. The van der Waals surface area contributed by atoms with Crippen molar-refractivity contribution in [2.24, 2.45) is 11.7 Å². The smallest absolute Gasteiger partial charge is 0.326 e. The molecule has 0 saturated heterocycles. The summed E-state index contributed by atoms with van der Waals surface area (Å²) >= 11 is 0. The van der Waals surface area contributed by atoms with Crippen LogP contribution in [-0.4, -0.2) is 42.8 Å². The Morgan fingerprint density at radius 2 is 2.00 bits per heavy atom. The maximum atomic E-state index is 11.5. The molecule has 0 radical (unpaired) electrons. The van der Waals surface area contributed by atoms with Gasteiger partial charge >= 0.3 is 5.97 Å². The lowest BCUT2D eigenvalue weighted by Gasteiger charge is -2.19. The Hall–Kier alpha value is -1.14. The molecule has 2 atom stereocenters. The Morgan fingerprint density at radius 1 is 1.44 bits per heavy atom. The number of rotatable bonds is 7. The average Bonchev–Trinajstić information content (AvgIpc) is 2.21. The van der Waals surface area contributed by atoms with E-state index in [1.54, 1.807) is 13.8 Å². The summed E-state index contributed by atoms with van der Waals surface area (Å²) in [5.41, 5.74) is 5.36. The normalized spacial score (nSPS) is 14.6. The number of carbonyl (C=O) groups excluding carboxylic acids is 1. The van der Waals surface area contributed by atoms with Crippen LogP contribution in [0.1, 0.15) is 20.3 Å². The largest absolute Gasteiger partial charge is 0.480 e. The zero-order valence-corrected chi connectivity index (χ0v) is 9.90. The topological polar surface area (TPSA) is 102 Å². The monoisotopic (exact) mass is 232 g/mol. The first-order valence-corrected chi connectivity index (χ1v) is 5.17. The summed E-state index contributed by atoms with van der Waals surface area (Å²) in [4.78, 5) is 22.3. The number of carbonyl (C=O) groups is 2. The Morgan fingerprint density at radius 3 is 2.31 bits per heavy atom. The van der Waals surface area contributed by atoms with Gasteiger partial charge in [-0.2, -0.15) is 0 Å². The van der Waals surface area contributed by atoms with Crippen LogP contribution in [0.3, 0.4) is 0 Å². The van der Waals surface area contributed by atoms with E-state index >= 15 is 0 Å². The van der Waals surface area contributed by atoms with Gasteiger partial charge in [0.2, 0.25) is 5.91 Å². The second kappa shape index (κ2) is 7.19. The number of nitrogens with two attached hydrogens (primary N) is 1. The molecule has 0 aliphatic rings. The maximum Gasteiger partial charge on any atom is 0.326 e. The molecule has 1 unspecified atom stereocenters. The minimum Gasteiger partial charge on any atom is -0.480 e. The summed E-state index contributed by atoms with van der Waals surface area (Å²) in [6.45, 7) is 3.69. The van der Waals surface area contributed by atoms with Gasteiger partial charge in [-0.1, -0.05) is 13.8 Å². The Bertz CT molecular complexity index is 239. The van der Waals surface area contributed by atoms with Gasteiger partial charge in [0, 0.05) is 13.7 Å². The minimum absolute atomic E-state index is 0.0729. The molecule has 0 heterocycles. The van der Waals surface area contributed by atoms with Crippen LogP contribution < -0.4 is 11.1 Å². The highest BCUT2D eigenvalue weighted by Crippen LogP contribution is 2.03. The number of nitrogens with one attached hydrogen (secondary N) is 1. The molecule has 6 nitrogen and oxygen atoms in total. The summed E-state index contributed by atoms with van der Waals surface area (Å²) in [6.07, 6.45) is -0.301. The molecule has 0 saturated carbocycles. The first kappa shape index (κ1) is 14.9. The van der Waals surface area contributed by atoms with Gasteiger partial charge in [-0.15, -0.1) is 0 Å². The predicted molar refractivity (Wildman–Crippen MR) is 58.9 cm³/mol. The van der Waals surface area contributed by atoms with Crippen molar-refractivity contribution in [1.29, 1.82) is 0 Å². The molecule has 1 amide bonds. The van der Waals surface area contributed by atoms with E-state index in [2.05, 4.69) is 5.32 Å². The quantitative estimate of drug-likeness (QED) is 0.553. The van der Waals surface area contributed by atoms with Gasteiger partial charge in [0.15, 0.2) is 0 Å². The number of carboxylic acid groups (broad SMARTS) is 1. The molecule has 16 heavy (non-hydrogen) atoms. The van der Waals surface area contributed by atoms with Crippen LogP contribution in [0.2, 0.25) is 0 Å². The maximum absolute atomic E-state index is 11.5. The summed E-state index contributed by atoms with van der Waals surface area (Å²) in [7, 11) is 1.46. The Labute approximate surface area is 95.1 Å². The van der Waals surface area contributed by atoms with E-state index in [1.165, 1.54) is 7.11 Å². The fraction of sp³-hybridized carbons (Fsp3) is 0.800. The Balaban J connectivity index is 4.25.